The van der Waals surface area contributed by atoms with Crippen molar-refractivity contribution in [2.24, 2.45) is 0 Å². The van der Waals surface area contributed by atoms with Crippen LogP contribution in [0.1, 0.15) is 58.1 Å². The highest BCUT2D eigenvalue weighted by atomic mass is 16.6. The zero-order valence-electron chi connectivity index (χ0n) is 21.6. The molecule has 0 aliphatic carbocycles. The summed E-state index contributed by atoms with van der Waals surface area (Å²) in [5.41, 5.74) is 0.109. The van der Waals surface area contributed by atoms with Gasteiger partial charge in [0.25, 0.3) is 0 Å². The van der Waals surface area contributed by atoms with Crippen molar-refractivity contribution in [2.75, 3.05) is 14.1 Å². The third-order valence-electron chi connectivity index (χ3n) is 5.75. The van der Waals surface area contributed by atoms with Gasteiger partial charge in [-0.2, -0.15) is 0 Å². The molecule has 0 saturated carbocycles. The number of nitrogens with zero attached hydrogens (tertiary/aromatic N) is 2. The van der Waals surface area contributed by atoms with Crippen molar-refractivity contribution in [1.29, 1.82) is 0 Å². The quantitative estimate of drug-likeness (QED) is 0.490. The number of hydrogen-bond acceptors (Lipinski definition) is 4. The number of carbonyl (C=O) groups excluding carboxylic acids is 2. The third-order valence-corrected chi connectivity index (χ3v) is 5.75. The zero-order valence-corrected chi connectivity index (χ0v) is 21.6. The highest BCUT2D eigenvalue weighted by molar-refractivity contribution is 5.87. The molecule has 0 fully saturated rings. The van der Waals surface area contributed by atoms with Crippen molar-refractivity contribution in [1.82, 2.24) is 9.80 Å². The second-order valence-electron chi connectivity index (χ2n) is 9.85. The van der Waals surface area contributed by atoms with E-state index >= 15 is 0 Å². The fraction of sp³-hybridized carbons (Fsp3) is 0.379. The molecule has 0 radical (unpaired) electrons. The van der Waals surface area contributed by atoms with Gasteiger partial charge >= 0.3 is 6.09 Å². The lowest BCUT2D eigenvalue weighted by molar-refractivity contribution is -0.131. The lowest BCUT2D eigenvalue weighted by Crippen LogP contribution is -2.55. The summed E-state index contributed by atoms with van der Waals surface area (Å²) in [6.45, 7) is 7.58. The maximum Gasteiger partial charge on any atom is 0.416 e. The monoisotopic (exact) mass is 476 g/mol. The Morgan fingerprint density at radius 3 is 2.17 bits per heavy atom. The first kappa shape index (κ1) is 26.1. The van der Waals surface area contributed by atoms with Gasteiger partial charge in [0, 0.05) is 19.7 Å². The summed E-state index contributed by atoms with van der Waals surface area (Å²) in [6, 6.07) is 19.1. The van der Waals surface area contributed by atoms with Gasteiger partial charge in [-0.1, -0.05) is 74.0 Å². The van der Waals surface area contributed by atoms with E-state index in [9.17, 15) is 9.59 Å². The van der Waals surface area contributed by atoms with Crippen LogP contribution in [0.2, 0.25) is 0 Å². The lowest BCUT2D eigenvalue weighted by atomic mass is 9.80. The highest BCUT2D eigenvalue weighted by Crippen LogP contribution is 2.48. The third kappa shape index (κ3) is 5.76. The molecular formula is C29H36N2O4. The van der Waals surface area contributed by atoms with E-state index in [0.717, 1.165) is 24.0 Å². The van der Waals surface area contributed by atoms with E-state index < -0.39 is 17.2 Å². The molecule has 1 aliphatic heterocycles. The van der Waals surface area contributed by atoms with Crippen molar-refractivity contribution in [3.8, 4) is 0 Å². The van der Waals surface area contributed by atoms with Crippen molar-refractivity contribution in [3.05, 3.63) is 89.9 Å². The second kappa shape index (κ2) is 10.8. The van der Waals surface area contributed by atoms with E-state index in [-0.39, 0.29) is 12.3 Å². The van der Waals surface area contributed by atoms with Crippen molar-refractivity contribution in [3.63, 3.8) is 0 Å². The Morgan fingerprint density at radius 1 is 1.03 bits per heavy atom. The summed E-state index contributed by atoms with van der Waals surface area (Å²) in [6.07, 6.45) is 4.63. The van der Waals surface area contributed by atoms with Crippen molar-refractivity contribution < 1.29 is 19.1 Å². The maximum absolute atomic E-state index is 14.0. The number of carbonyl (C=O) groups is 2. The first-order valence-corrected chi connectivity index (χ1v) is 12.0. The molecule has 6 nitrogen and oxygen atoms in total. The molecule has 186 valence electrons. The zero-order chi connectivity index (χ0) is 25.6. The van der Waals surface area contributed by atoms with Crippen LogP contribution in [0.4, 0.5) is 4.79 Å². The fourth-order valence-corrected chi connectivity index (χ4v) is 4.08. The molecule has 0 saturated heterocycles. The van der Waals surface area contributed by atoms with Crippen molar-refractivity contribution >= 4 is 17.7 Å². The Hall–Kier alpha value is -3.54. The van der Waals surface area contributed by atoms with Gasteiger partial charge in [0.15, 0.2) is 0 Å². The van der Waals surface area contributed by atoms with Crippen molar-refractivity contribution in [2.45, 2.75) is 58.1 Å². The second-order valence-corrected chi connectivity index (χ2v) is 9.85. The highest BCUT2D eigenvalue weighted by Gasteiger charge is 2.53. The Morgan fingerprint density at radius 2 is 1.63 bits per heavy atom. The molecule has 0 spiro atoms. The van der Waals surface area contributed by atoms with Gasteiger partial charge in [0.2, 0.25) is 5.91 Å². The Bertz CT molecular complexity index is 1080. The van der Waals surface area contributed by atoms with Crippen LogP contribution < -0.4 is 0 Å². The number of unbranched alkanes of at least 4 members (excludes halogenated alkanes) is 1. The van der Waals surface area contributed by atoms with Gasteiger partial charge in [-0.3, -0.25) is 9.69 Å². The number of benzene rings is 2. The van der Waals surface area contributed by atoms with E-state index in [1.54, 1.807) is 25.3 Å². The van der Waals surface area contributed by atoms with E-state index in [1.165, 1.54) is 4.90 Å². The van der Waals surface area contributed by atoms with E-state index in [2.05, 4.69) is 6.92 Å². The van der Waals surface area contributed by atoms with Gasteiger partial charge in [0.1, 0.15) is 23.2 Å². The topological polar surface area (TPSA) is 59.1 Å². The molecule has 0 bridgehead atoms. The molecule has 1 aliphatic rings. The summed E-state index contributed by atoms with van der Waals surface area (Å²) in [7, 11) is 3.43. The smallest absolute Gasteiger partial charge is 0.416 e. The Balaban J connectivity index is 2.37. The van der Waals surface area contributed by atoms with Gasteiger partial charge in [0.05, 0.1) is 12.1 Å². The molecule has 1 heterocycles. The van der Waals surface area contributed by atoms with Crippen LogP contribution >= 0.6 is 0 Å². The summed E-state index contributed by atoms with van der Waals surface area (Å²) in [5, 5.41) is 0. The summed E-state index contributed by atoms with van der Waals surface area (Å²) in [5.74, 6) is 0.397. The minimum Gasteiger partial charge on any atom is -0.465 e. The molecule has 2 aromatic carbocycles. The average Bonchev–Trinajstić information content (AvgIpc) is 2.82. The summed E-state index contributed by atoms with van der Waals surface area (Å²) < 4.78 is 12.2. The number of allylic oxidation sites excluding steroid dienone is 1. The first-order valence-electron chi connectivity index (χ1n) is 12.0. The van der Waals surface area contributed by atoms with Gasteiger partial charge in [-0.25, -0.2) is 4.79 Å². The molecule has 35 heavy (non-hydrogen) atoms. The summed E-state index contributed by atoms with van der Waals surface area (Å²) >= 11 is 0. The SMILES string of the molecule is CCC/C=C1\OC=C(c2ccccc2)N(C(=O)OC(C)(C)C)C1(CC(=O)N(C)C)c1ccccc1. The normalized spacial score (nSPS) is 19.1. The predicted molar refractivity (Wildman–Crippen MR) is 138 cm³/mol. The van der Waals surface area contributed by atoms with Gasteiger partial charge in [-0.05, 0) is 38.8 Å². The van der Waals surface area contributed by atoms with Gasteiger partial charge < -0.3 is 14.4 Å². The number of hydrogen-bond donors (Lipinski definition) is 0. The van der Waals surface area contributed by atoms with Crippen LogP contribution in [0.15, 0.2) is 78.8 Å². The molecule has 1 unspecified atom stereocenters. The Labute approximate surface area is 208 Å². The lowest BCUT2D eigenvalue weighted by Gasteiger charge is -2.48. The molecule has 1 atom stereocenters. The van der Waals surface area contributed by atoms with E-state index in [0.29, 0.717) is 11.5 Å². The minimum atomic E-state index is -1.24. The van der Waals surface area contributed by atoms with Gasteiger partial charge in [-0.15, -0.1) is 0 Å². The average molecular weight is 477 g/mol. The van der Waals surface area contributed by atoms with Crippen LogP contribution in [-0.2, 0) is 19.8 Å². The largest absolute Gasteiger partial charge is 0.465 e. The van der Waals surface area contributed by atoms with Crippen LogP contribution in [0.5, 0.6) is 0 Å². The molecule has 0 aromatic heterocycles. The standard InChI is InChI=1S/C29H36N2O4/c1-7-8-19-25-29(20-26(32)30(5)6,23-17-13-10-14-18-23)31(27(33)35-28(2,3)4)24(21-34-25)22-15-11-9-12-16-22/h9-19,21H,7-8,20H2,1-6H3/b25-19-. The van der Waals surface area contributed by atoms with Crippen LogP contribution in [0.3, 0.4) is 0 Å². The molecule has 2 amide bonds. The van der Waals surface area contributed by atoms with Crippen LogP contribution in [0, 0.1) is 0 Å². The van der Waals surface area contributed by atoms with Crippen LogP contribution in [-0.4, -0.2) is 41.5 Å². The minimum absolute atomic E-state index is 0.0109. The Kier molecular flexibility index (Phi) is 8.05. The predicted octanol–water partition coefficient (Wildman–Crippen LogP) is 6.31. The molecule has 0 N–H and O–H groups in total. The number of rotatable bonds is 6. The van der Waals surface area contributed by atoms with E-state index in [1.807, 2.05) is 87.5 Å². The fourth-order valence-electron chi connectivity index (χ4n) is 4.08. The molecule has 6 heteroatoms. The number of ether oxygens (including phenoxy) is 2. The first-order chi connectivity index (χ1) is 16.6. The maximum atomic E-state index is 14.0. The molecule has 3 rings (SSSR count). The number of amides is 2. The van der Waals surface area contributed by atoms with E-state index in [4.69, 9.17) is 9.47 Å². The van der Waals surface area contributed by atoms with Crippen LogP contribution in [0.25, 0.3) is 5.70 Å². The molecular weight excluding hydrogens is 440 g/mol. The molecule has 2 aromatic rings. The summed E-state index contributed by atoms with van der Waals surface area (Å²) in [4.78, 5) is 30.5.